The predicted octanol–water partition coefficient (Wildman–Crippen LogP) is 2.46. The first-order valence-corrected chi connectivity index (χ1v) is 10.4. The fraction of sp³-hybridized carbons (Fsp3) is 0.286. The number of nitrogens with one attached hydrogen (secondary N) is 3. The summed E-state index contributed by atoms with van der Waals surface area (Å²) in [6.45, 7) is 3.81. The molecule has 8 heteroatoms. The average Bonchev–Trinajstić information content (AvgIpc) is 2.72. The van der Waals surface area contributed by atoms with Crippen LogP contribution in [0.1, 0.15) is 18.1 Å². The molecule has 7 nitrogen and oxygen atoms in total. The lowest BCUT2D eigenvalue weighted by atomic mass is 10.2. The molecule has 2 aromatic rings. The highest BCUT2D eigenvalue weighted by atomic mass is 32.2. The van der Waals surface area contributed by atoms with Crippen LogP contribution in [0.25, 0.3) is 0 Å². The van der Waals surface area contributed by atoms with Gasteiger partial charge in [0.2, 0.25) is 11.8 Å². The van der Waals surface area contributed by atoms with Crippen molar-refractivity contribution in [2.24, 2.45) is 0 Å². The van der Waals surface area contributed by atoms with Gasteiger partial charge in [-0.3, -0.25) is 25.2 Å². The molecule has 0 saturated heterocycles. The van der Waals surface area contributed by atoms with Crippen LogP contribution < -0.4 is 20.9 Å². The van der Waals surface area contributed by atoms with Crippen molar-refractivity contribution in [3.63, 3.8) is 0 Å². The molecule has 0 heterocycles. The Labute approximate surface area is 174 Å². The van der Waals surface area contributed by atoms with Gasteiger partial charge in [-0.25, -0.2) is 0 Å². The van der Waals surface area contributed by atoms with Crippen LogP contribution >= 0.6 is 11.8 Å². The minimum Gasteiger partial charge on any atom is -0.484 e. The fourth-order valence-corrected chi connectivity index (χ4v) is 2.87. The zero-order chi connectivity index (χ0) is 21.1. The van der Waals surface area contributed by atoms with Crippen LogP contribution in [-0.4, -0.2) is 35.8 Å². The summed E-state index contributed by atoms with van der Waals surface area (Å²) >= 11 is 1.15. The van der Waals surface area contributed by atoms with Crippen LogP contribution in [0.15, 0.2) is 48.5 Å². The second kappa shape index (κ2) is 11.8. The summed E-state index contributed by atoms with van der Waals surface area (Å²) in [5.74, 6) is -0.316. The molecule has 0 fully saturated rings. The number of hydrogen-bond acceptors (Lipinski definition) is 5. The summed E-state index contributed by atoms with van der Waals surface area (Å²) in [5.41, 5.74) is 7.57. The monoisotopic (exact) mass is 415 g/mol. The molecule has 0 aliphatic carbocycles. The van der Waals surface area contributed by atoms with Gasteiger partial charge in [0.25, 0.3) is 5.91 Å². The van der Waals surface area contributed by atoms with Gasteiger partial charge >= 0.3 is 0 Å². The third-order valence-electron chi connectivity index (χ3n) is 3.84. The smallest absolute Gasteiger partial charge is 0.276 e. The number of anilines is 1. The molecule has 0 atom stereocenters. The molecule has 154 valence electrons. The molecule has 3 amide bonds. The van der Waals surface area contributed by atoms with E-state index in [1.807, 2.05) is 43.3 Å². The van der Waals surface area contributed by atoms with Crippen molar-refractivity contribution in [3.8, 4) is 5.75 Å². The van der Waals surface area contributed by atoms with E-state index in [0.29, 0.717) is 11.4 Å². The molecular formula is C21H25N3O4S. The molecule has 0 spiro atoms. The maximum absolute atomic E-state index is 11.9. The molecule has 29 heavy (non-hydrogen) atoms. The first kappa shape index (κ1) is 22.3. The van der Waals surface area contributed by atoms with Crippen LogP contribution in [0, 0.1) is 6.92 Å². The number of carbonyl (C=O) groups excluding carboxylic acids is 3. The summed E-state index contributed by atoms with van der Waals surface area (Å²) in [6.07, 6.45) is 0.929. The number of hydrazine groups is 1. The van der Waals surface area contributed by atoms with Crippen LogP contribution in [-0.2, 0) is 20.8 Å². The second-order valence-corrected chi connectivity index (χ2v) is 7.28. The van der Waals surface area contributed by atoms with Gasteiger partial charge in [0.1, 0.15) is 5.75 Å². The Kier molecular flexibility index (Phi) is 9.04. The molecule has 0 aromatic heterocycles. The zero-order valence-electron chi connectivity index (χ0n) is 16.5. The highest BCUT2D eigenvalue weighted by Gasteiger charge is 2.08. The third kappa shape index (κ3) is 8.69. The lowest BCUT2D eigenvalue weighted by molar-refractivity contribution is -0.128. The normalized spacial score (nSPS) is 10.1. The molecule has 0 aliphatic heterocycles. The van der Waals surface area contributed by atoms with E-state index in [1.165, 1.54) is 5.56 Å². The summed E-state index contributed by atoms with van der Waals surface area (Å²) in [7, 11) is 0. The number of carbonyl (C=O) groups is 3. The van der Waals surface area contributed by atoms with Gasteiger partial charge in [-0.15, -0.1) is 11.8 Å². The van der Waals surface area contributed by atoms with Crippen molar-refractivity contribution >= 4 is 35.2 Å². The molecule has 3 N–H and O–H groups in total. The van der Waals surface area contributed by atoms with Crippen LogP contribution in [0.5, 0.6) is 5.75 Å². The van der Waals surface area contributed by atoms with E-state index in [4.69, 9.17) is 4.74 Å². The summed E-state index contributed by atoms with van der Waals surface area (Å²) in [5, 5.41) is 2.75. The van der Waals surface area contributed by atoms with Crippen molar-refractivity contribution in [1.82, 2.24) is 10.9 Å². The average molecular weight is 416 g/mol. The van der Waals surface area contributed by atoms with Gasteiger partial charge in [0, 0.05) is 5.69 Å². The van der Waals surface area contributed by atoms with Crippen LogP contribution in [0.4, 0.5) is 5.69 Å². The van der Waals surface area contributed by atoms with Crippen LogP contribution in [0.2, 0.25) is 0 Å². The number of hydrogen-bond donors (Lipinski definition) is 3. The maximum Gasteiger partial charge on any atom is 0.276 e. The van der Waals surface area contributed by atoms with Crippen molar-refractivity contribution < 1.29 is 19.1 Å². The van der Waals surface area contributed by atoms with E-state index in [1.54, 1.807) is 12.1 Å². The van der Waals surface area contributed by atoms with Gasteiger partial charge in [-0.1, -0.05) is 36.8 Å². The third-order valence-corrected chi connectivity index (χ3v) is 4.78. The predicted molar refractivity (Wildman–Crippen MR) is 115 cm³/mol. The Hall–Kier alpha value is -3.00. The number of thioether (sulfide) groups is 1. The van der Waals surface area contributed by atoms with Gasteiger partial charge in [0.05, 0.1) is 11.5 Å². The topological polar surface area (TPSA) is 96.5 Å². The summed E-state index contributed by atoms with van der Waals surface area (Å²) in [6, 6.07) is 14.9. The molecule has 0 unspecified atom stereocenters. The lowest BCUT2D eigenvalue weighted by Gasteiger charge is -2.09. The number of benzene rings is 2. The van der Waals surface area contributed by atoms with E-state index in [-0.39, 0.29) is 24.0 Å². The van der Waals surface area contributed by atoms with Crippen molar-refractivity contribution in [1.29, 1.82) is 0 Å². The Bertz CT molecular complexity index is 823. The molecule has 2 rings (SSSR count). The van der Waals surface area contributed by atoms with E-state index in [9.17, 15) is 14.4 Å². The number of amides is 3. The van der Waals surface area contributed by atoms with Crippen molar-refractivity contribution in [2.75, 3.05) is 23.4 Å². The molecule has 0 aliphatic rings. The first-order chi connectivity index (χ1) is 14.0. The number of ether oxygens (including phenoxy) is 1. The van der Waals surface area contributed by atoms with Gasteiger partial charge < -0.3 is 10.1 Å². The van der Waals surface area contributed by atoms with Gasteiger partial charge in [-0.2, -0.15) is 0 Å². The fourth-order valence-electron chi connectivity index (χ4n) is 2.25. The Balaban J connectivity index is 1.57. The lowest BCUT2D eigenvalue weighted by Crippen LogP contribution is -2.44. The Morgan fingerprint density at radius 1 is 0.862 bits per heavy atom. The van der Waals surface area contributed by atoms with Crippen LogP contribution in [0.3, 0.4) is 0 Å². The van der Waals surface area contributed by atoms with E-state index >= 15 is 0 Å². The zero-order valence-corrected chi connectivity index (χ0v) is 17.3. The summed E-state index contributed by atoms with van der Waals surface area (Å²) in [4.78, 5) is 35.3. The van der Waals surface area contributed by atoms with Crippen molar-refractivity contribution in [3.05, 3.63) is 59.7 Å². The maximum atomic E-state index is 11.9. The minimum absolute atomic E-state index is 0.0426. The molecule has 0 saturated carbocycles. The minimum atomic E-state index is -0.472. The molecule has 2 aromatic carbocycles. The number of aryl methyl sites for hydroxylation is 2. The molecule has 0 bridgehead atoms. The van der Waals surface area contributed by atoms with Gasteiger partial charge in [-0.05, 0) is 43.2 Å². The van der Waals surface area contributed by atoms with E-state index in [2.05, 4.69) is 23.1 Å². The quantitative estimate of drug-likeness (QED) is 0.547. The van der Waals surface area contributed by atoms with Gasteiger partial charge in [0.15, 0.2) is 6.61 Å². The SMILES string of the molecule is CCc1ccc(OCC(=O)NNC(=O)CSCC(=O)Nc2ccc(C)cc2)cc1. The largest absolute Gasteiger partial charge is 0.484 e. The molecular weight excluding hydrogens is 390 g/mol. The second-order valence-electron chi connectivity index (χ2n) is 6.29. The highest BCUT2D eigenvalue weighted by molar-refractivity contribution is 8.00. The Morgan fingerprint density at radius 3 is 2.14 bits per heavy atom. The molecule has 0 radical (unpaired) electrons. The summed E-state index contributed by atoms with van der Waals surface area (Å²) < 4.78 is 5.35. The van der Waals surface area contributed by atoms with Crippen molar-refractivity contribution in [2.45, 2.75) is 20.3 Å². The first-order valence-electron chi connectivity index (χ1n) is 9.20. The van der Waals surface area contributed by atoms with E-state index < -0.39 is 11.8 Å². The Morgan fingerprint density at radius 2 is 1.48 bits per heavy atom. The standard InChI is InChI=1S/C21H25N3O4S/c1-3-16-6-10-18(11-7-16)28-12-19(25)23-24-21(27)14-29-13-20(26)22-17-8-4-15(2)5-9-17/h4-11H,3,12-14H2,1-2H3,(H,22,26)(H,23,25)(H,24,27). The number of rotatable bonds is 9. The highest BCUT2D eigenvalue weighted by Crippen LogP contribution is 2.12. The van der Waals surface area contributed by atoms with E-state index in [0.717, 1.165) is 23.7 Å².